The summed E-state index contributed by atoms with van der Waals surface area (Å²) in [6, 6.07) is 19.0. The van der Waals surface area contributed by atoms with Crippen LogP contribution in [0.15, 0.2) is 60.2 Å². The van der Waals surface area contributed by atoms with E-state index in [1.54, 1.807) is 20.1 Å². The Balaban J connectivity index is 1.60. The molecule has 0 amide bonds. The van der Waals surface area contributed by atoms with E-state index < -0.39 is 0 Å². The fourth-order valence-corrected chi connectivity index (χ4v) is 4.80. The van der Waals surface area contributed by atoms with Crippen molar-refractivity contribution in [1.82, 2.24) is 9.55 Å². The Morgan fingerprint density at radius 2 is 2.00 bits per heavy atom. The number of para-hydroxylation sites is 1. The first kappa shape index (κ1) is 22.7. The summed E-state index contributed by atoms with van der Waals surface area (Å²) in [4.78, 5) is 4.89. The van der Waals surface area contributed by atoms with Gasteiger partial charge < -0.3 is 14.0 Å². The number of aromatic nitrogens is 2. The molecule has 0 saturated carbocycles. The van der Waals surface area contributed by atoms with Crippen LogP contribution in [0.5, 0.6) is 11.5 Å². The fourth-order valence-electron chi connectivity index (χ4n) is 4.80. The van der Waals surface area contributed by atoms with Crippen molar-refractivity contribution in [3.63, 3.8) is 0 Å². The van der Waals surface area contributed by atoms with Crippen molar-refractivity contribution in [3.8, 4) is 17.6 Å². The molecule has 4 aromatic rings. The highest BCUT2D eigenvalue weighted by Gasteiger charge is 2.23. The minimum Gasteiger partial charge on any atom is -0.494 e. The highest BCUT2D eigenvalue weighted by atomic mass is 19.1. The molecule has 0 aliphatic carbocycles. The van der Waals surface area contributed by atoms with Gasteiger partial charge in [-0.05, 0) is 60.4 Å². The standard InChI is InChI=1S/C29H26FN3O2/c1-4-6-27-32-29-24(7-5-8-25(29)34-3)33(27)16-19-9-11-22-20(13-19)17-35-26-14-21(30)10-12-23(26)28(22)18(2)15-31/h5,7-14H,4,6,16-17H2,1-3H3/b28-18+. The number of allylic oxidation sites excluding steroid dienone is 1. The number of halogens is 1. The molecule has 2 heterocycles. The van der Waals surface area contributed by atoms with E-state index in [-0.39, 0.29) is 5.82 Å². The maximum absolute atomic E-state index is 13.9. The molecule has 0 radical (unpaired) electrons. The van der Waals surface area contributed by atoms with Crippen LogP contribution < -0.4 is 9.47 Å². The molecular formula is C29H26FN3O2. The summed E-state index contributed by atoms with van der Waals surface area (Å²) < 4.78 is 27.7. The monoisotopic (exact) mass is 467 g/mol. The van der Waals surface area contributed by atoms with Gasteiger partial charge in [-0.25, -0.2) is 9.37 Å². The molecule has 0 fully saturated rings. The number of nitrogens with zero attached hydrogens (tertiary/aromatic N) is 3. The number of imidazole rings is 1. The number of fused-ring (bicyclic) bond motifs is 3. The Morgan fingerprint density at radius 3 is 2.77 bits per heavy atom. The van der Waals surface area contributed by atoms with Crippen LogP contribution >= 0.6 is 0 Å². The molecule has 0 unspecified atom stereocenters. The number of aryl methyl sites for hydroxylation is 1. The minimum atomic E-state index is -0.366. The van der Waals surface area contributed by atoms with Crippen LogP contribution in [0.2, 0.25) is 0 Å². The first-order valence-corrected chi connectivity index (χ1v) is 11.7. The summed E-state index contributed by atoms with van der Waals surface area (Å²) in [5, 5.41) is 9.69. The molecule has 1 aliphatic heterocycles. The molecule has 1 aromatic heterocycles. The third-order valence-corrected chi connectivity index (χ3v) is 6.43. The predicted octanol–water partition coefficient (Wildman–Crippen LogP) is 6.42. The third kappa shape index (κ3) is 4.04. The van der Waals surface area contributed by atoms with Crippen LogP contribution in [0, 0.1) is 17.1 Å². The van der Waals surface area contributed by atoms with Crippen LogP contribution in [0.1, 0.15) is 48.3 Å². The number of hydrogen-bond donors (Lipinski definition) is 0. The first-order chi connectivity index (χ1) is 17.0. The smallest absolute Gasteiger partial charge is 0.146 e. The van der Waals surface area contributed by atoms with Gasteiger partial charge >= 0.3 is 0 Å². The Kier molecular flexibility index (Phi) is 6.00. The molecule has 3 aromatic carbocycles. The quantitative estimate of drug-likeness (QED) is 0.318. The lowest BCUT2D eigenvalue weighted by atomic mass is 9.90. The van der Waals surface area contributed by atoms with Crippen LogP contribution in [0.3, 0.4) is 0 Å². The van der Waals surface area contributed by atoms with Gasteiger partial charge in [-0.1, -0.05) is 25.1 Å². The molecular weight excluding hydrogens is 441 g/mol. The largest absolute Gasteiger partial charge is 0.494 e. The average Bonchev–Trinajstić information content (AvgIpc) is 3.12. The Morgan fingerprint density at radius 1 is 1.17 bits per heavy atom. The van der Waals surface area contributed by atoms with Gasteiger partial charge in [0.05, 0.1) is 18.7 Å². The second kappa shape index (κ2) is 9.27. The van der Waals surface area contributed by atoms with Gasteiger partial charge in [0.15, 0.2) is 0 Å². The van der Waals surface area contributed by atoms with E-state index in [9.17, 15) is 9.65 Å². The molecule has 6 heteroatoms. The highest BCUT2D eigenvalue weighted by Crippen LogP contribution is 2.39. The molecule has 176 valence electrons. The van der Waals surface area contributed by atoms with Crippen molar-refractivity contribution >= 4 is 16.6 Å². The zero-order valence-corrected chi connectivity index (χ0v) is 20.1. The van der Waals surface area contributed by atoms with Crippen molar-refractivity contribution < 1.29 is 13.9 Å². The van der Waals surface area contributed by atoms with Crippen LogP contribution in [-0.4, -0.2) is 16.7 Å². The Hall–Kier alpha value is -4.11. The molecule has 5 rings (SSSR count). The zero-order valence-electron chi connectivity index (χ0n) is 20.1. The van der Waals surface area contributed by atoms with Crippen molar-refractivity contribution in [2.75, 3.05) is 7.11 Å². The first-order valence-electron chi connectivity index (χ1n) is 11.7. The van der Waals surface area contributed by atoms with E-state index >= 15 is 0 Å². The summed E-state index contributed by atoms with van der Waals surface area (Å²) in [6.45, 7) is 4.87. The van der Waals surface area contributed by atoms with E-state index in [4.69, 9.17) is 14.5 Å². The van der Waals surface area contributed by atoms with Gasteiger partial charge in [0.25, 0.3) is 0 Å². The van der Waals surface area contributed by atoms with Gasteiger partial charge in [0.2, 0.25) is 0 Å². The van der Waals surface area contributed by atoms with E-state index in [2.05, 4.69) is 35.8 Å². The summed E-state index contributed by atoms with van der Waals surface area (Å²) in [6.07, 6.45) is 1.85. The van der Waals surface area contributed by atoms with E-state index in [1.165, 1.54) is 12.1 Å². The SMILES string of the molecule is CCCc1nc2c(OC)cccc2n1Cc1ccc2c(c1)COc1cc(F)ccc1/C2=C(\C)C#N. The summed E-state index contributed by atoms with van der Waals surface area (Å²) in [5.41, 5.74) is 6.97. The van der Waals surface area contributed by atoms with E-state index in [1.807, 2.05) is 18.2 Å². The highest BCUT2D eigenvalue weighted by molar-refractivity contribution is 5.88. The summed E-state index contributed by atoms with van der Waals surface area (Å²) in [7, 11) is 1.66. The molecule has 0 atom stereocenters. The van der Waals surface area contributed by atoms with Crippen LogP contribution in [-0.2, 0) is 19.6 Å². The Bertz CT molecular complexity index is 1510. The van der Waals surface area contributed by atoms with Crippen molar-refractivity contribution in [2.45, 2.75) is 39.8 Å². The van der Waals surface area contributed by atoms with Gasteiger partial charge in [-0.15, -0.1) is 0 Å². The zero-order chi connectivity index (χ0) is 24.5. The lowest BCUT2D eigenvalue weighted by molar-refractivity contribution is 0.305. The topological polar surface area (TPSA) is 60.1 Å². The van der Waals surface area contributed by atoms with Gasteiger partial charge in [0.1, 0.15) is 35.3 Å². The number of hydrogen-bond acceptors (Lipinski definition) is 4. The van der Waals surface area contributed by atoms with Crippen LogP contribution in [0.25, 0.3) is 16.6 Å². The molecule has 0 saturated heterocycles. The molecule has 0 spiro atoms. The molecule has 5 nitrogen and oxygen atoms in total. The maximum atomic E-state index is 13.9. The van der Waals surface area contributed by atoms with Gasteiger partial charge in [-0.2, -0.15) is 5.26 Å². The van der Waals surface area contributed by atoms with E-state index in [0.29, 0.717) is 24.5 Å². The molecule has 1 aliphatic rings. The predicted molar refractivity (Wildman–Crippen MR) is 134 cm³/mol. The van der Waals surface area contributed by atoms with Gasteiger partial charge in [-0.3, -0.25) is 0 Å². The third-order valence-electron chi connectivity index (χ3n) is 6.43. The molecule has 35 heavy (non-hydrogen) atoms. The number of ether oxygens (including phenoxy) is 2. The summed E-state index contributed by atoms with van der Waals surface area (Å²) in [5.74, 6) is 1.86. The second-order valence-corrected chi connectivity index (χ2v) is 8.72. The fraction of sp³-hybridized carbons (Fsp3) is 0.241. The maximum Gasteiger partial charge on any atom is 0.146 e. The van der Waals surface area contributed by atoms with Crippen molar-refractivity contribution in [3.05, 3.63) is 94.1 Å². The second-order valence-electron chi connectivity index (χ2n) is 8.72. The minimum absolute atomic E-state index is 0.294. The number of benzene rings is 3. The van der Waals surface area contributed by atoms with Gasteiger partial charge in [0, 0.05) is 35.7 Å². The van der Waals surface area contributed by atoms with E-state index in [0.717, 1.165) is 63.3 Å². The number of rotatable bonds is 5. The lowest BCUT2D eigenvalue weighted by Crippen LogP contribution is -2.06. The van der Waals surface area contributed by atoms with Crippen molar-refractivity contribution in [1.29, 1.82) is 5.26 Å². The molecule has 0 N–H and O–H groups in total. The Labute approximate surface area is 204 Å². The molecule has 0 bridgehead atoms. The number of nitriles is 1. The normalized spacial score (nSPS) is 13.9. The van der Waals surface area contributed by atoms with Crippen molar-refractivity contribution in [2.24, 2.45) is 0 Å². The van der Waals surface area contributed by atoms with Crippen LogP contribution in [0.4, 0.5) is 4.39 Å². The lowest BCUT2D eigenvalue weighted by Gasteiger charge is -2.14. The number of methoxy groups -OCH3 is 1. The average molecular weight is 468 g/mol. The summed E-state index contributed by atoms with van der Waals surface area (Å²) >= 11 is 0.